The summed E-state index contributed by atoms with van der Waals surface area (Å²) in [6.45, 7) is 0.849. The molecule has 0 aromatic heterocycles. The zero-order chi connectivity index (χ0) is 14.4. The van der Waals surface area contributed by atoms with Gasteiger partial charge in [0.05, 0.1) is 6.61 Å². The highest BCUT2D eigenvalue weighted by molar-refractivity contribution is 5.41. The number of rotatable bonds is 3. The van der Waals surface area contributed by atoms with Crippen molar-refractivity contribution in [3.05, 3.63) is 29.3 Å². The van der Waals surface area contributed by atoms with Gasteiger partial charge in [-0.2, -0.15) is 0 Å². The second-order valence-corrected chi connectivity index (χ2v) is 7.01. The summed E-state index contributed by atoms with van der Waals surface area (Å²) in [5.41, 5.74) is 2.85. The van der Waals surface area contributed by atoms with Crippen LogP contribution in [0.3, 0.4) is 0 Å². The molecule has 1 aromatic rings. The van der Waals surface area contributed by atoms with Gasteiger partial charge in [-0.3, -0.25) is 0 Å². The minimum Gasteiger partial charge on any atom is -0.493 e. The highest BCUT2D eigenvalue weighted by atomic mass is 16.5. The van der Waals surface area contributed by atoms with Crippen LogP contribution in [0, 0.1) is 5.92 Å². The summed E-state index contributed by atoms with van der Waals surface area (Å²) in [5, 5.41) is 3.60. The Bertz CT molecular complexity index is 516. The van der Waals surface area contributed by atoms with Gasteiger partial charge in [0.25, 0.3) is 0 Å². The molecular weight excluding hydrogens is 260 g/mol. The molecule has 0 aliphatic carbocycles. The van der Waals surface area contributed by atoms with Gasteiger partial charge in [0.1, 0.15) is 5.75 Å². The molecule has 114 valence electrons. The fraction of sp³-hybridized carbons (Fsp3) is 0.667. The largest absolute Gasteiger partial charge is 0.493 e. The minimum absolute atomic E-state index is 0.493. The van der Waals surface area contributed by atoms with Crippen molar-refractivity contribution in [2.45, 2.75) is 50.2 Å². The summed E-state index contributed by atoms with van der Waals surface area (Å²) in [6, 6.07) is 8.93. The number of ether oxygens (including phenoxy) is 1. The van der Waals surface area contributed by atoms with Crippen LogP contribution in [0.4, 0.5) is 0 Å². The number of hydrogen-bond acceptors (Lipinski definition) is 3. The number of fused-ring (bicyclic) bond motifs is 3. The molecule has 21 heavy (non-hydrogen) atoms. The van der Waals surface area contributed by atoms with Crippen LogP contribution in [0.15, 0.2) is 18.2 Å². The molecule has 3 aliphatic rings. The zero-order valence-corrected chi connectivity index (χ0v) is 13.1. The molecule has 2 saturated heterocycles. The van der Waals surface area contributed by atoms with Crippen molar-refractivity contribution in [2.75, 3.05) is 20.7 Å². The van der Waals surface area contributed by atoms with Crippen LogP contribution in [0.2, 0.25) is 0 Å². The van der Waals surface area contributed by atoms with Crippen molar-refractivity contribution in [1.82, 2.24) is 10.2 Å². The lowest BCUT2D eigenvalue weighted by atomic mass is 9.81. The molecule has 3 atom stereocenters. The maximum absolute atomic E-state index is 5.64. The van der Waals surface area contributed by atoms with Gasteiger partial charge in [0.15, 0.2) is 0 Å². The fourth-order valence-corrected chi connectivity index (χ4v) is 4.80. The highest BCUT2D eigenvalue weighted by Crippen LogP contribution is 2.43. The van der Waals surface area contributed by atoms with E-state index in [0.717, 1.165) is 36.8 Å². The topological polar surface area (TPSA) is 24.5 Å². The van der Waals surface area contributed by atoms with Gasteiger partial charge in [-0.25, -0.2) is 0 Å². The third-order valence-corrected chi connectivity index (χ3v) is 5.99. The average Bonchev–Trinajstić information content (AvgIpc) is 3.01. The van der Waals surface area contributed by atoms with E-state index in [2.05, 4.69) is 42.5 Å². The monoisotopic (exact) mass is 286 g/mol. The molecule has 0 saturated carbocycles. The predicted octanol–water partition coefficient (Wildman–Crippen LogP) is 2.75. The van der Waals surface area contributed by atoms with Crippen molar-refractivity contribution >= 4 is 0 Å². The van der Waals surface area contributed by atoms with E-state index in [-0.39, 0.29) is 0 Å². The van der Waals surface area contributed by atoms with Crippen LogP contribution in [-0.2, 0) is 6.42 Å². The molecule has 2 bridgehead atoms. The quantitative estimate of drug-likeness (QED) is 0.924. The second-order valence-electron chi connectivity index (χ2n) is 7.01. The molecule has 3 aliphatic heterocycles. The average molecular weight is 286 g/mol. The summed E-state index contributed by atoms with van der Waals surface area (Å²) in [5.74, 6) is 1.86. The first-order valence-electron chi connectivity index (χ1n) is 8.41. The molecule has 2 fully saturated rings. The molecule has 1 aromatic carbocycles. The highest BCUT2D eigenvalue weighted by Gasteiger charge is 2.41. The van der Waals surface area contributed by atoms with E-state index < -0.39 is 0 Å². The van der Waals surface area contributed by atoms with Gasteiger partial charge in [-0.05, 0) is 62.9 Å². The Labute approximate surface area is 127 Å². The molecule has 1 N–H and O–H groups in total. The van der Waals surface area contributed by atoms with Gasteiger partial charge in [0.2, 0.25) is 0 Å². The molecule has 3 nitrogen and oxygen atoms in total. The van der Waals surface area contributed by atoms with Gasteiger partial charge >= 0.3 is 0 Å². The summed E-state index contributed by atoms with van der Waals surface area (Å²) < 4.78 is 5.64. The Hall–Kier alpha value is -1.06. The fourth-order valence-electron chi connectivity index (χ4n) is 4.80. The van der Waals surface area contributed by atoms with Crippen molar-refractivity contribution in [2.24, 2.45) is 5.92 Å². The van der Waals surface area contributed by atoms with E-state index in [0.29, 0.717) is 6.04 Å². The smallest absolute Gasteiger partial charge is 0.122 e. The Morgan fingerprint density at radius 1 is 1.24 bits per heavy atom. The molecule has 3 heteroatoms. The zero-order valence-electron chi connectivity index (χ0n) is 13.1. The van der Waals surface area contributed by atoms with Gasteiger partial charge in [-0.15, -0.1) is 0 Å². The van der Waals surface area contributed by atoms with E-state index in [1.54, 1.807) is 0 Å². The number of hydrogen-bond donors (Lipinski definition) is 1. The van der Waals surface area contributed by atoms with E-state index in [9.17, 15) is 0 Å². The number of benzene rings is 1. The number of piperidine rings is 1. The second kappa shape index (κ2) is 5.29. The first-order chi connectivity index (χ1) is 10.3. The van der Waals surface area contributed by atoms with E-state index in [4.69, 9.17) is 4.74 Å². The SMILES string of the molecule is CNC(c1ccc2c(c1)CCO2)C1CC2CCC(C1)N2C. The lowest BCUT2D eigenvalue weighted by Gasteiger charge is -2.40. The summed E-state index contributed by atoms with van der Waals surface area (Å²) >= 11 is 0. The molecule has 3 heterocycles. The Balaban J connectivity index is 1.57. The standard InChI is InChI=1S/C18H26N2O/c1-19-18(13-3-6-17-12(9-13)7-8-21-17)14-10-15-4-5-16(11-14)20(15)2/h3,6,9,14-16,18-19H,4-5,7-8,10-11H2,1-2H3. The first-order valence-corrected chi connectivity index (χ1v) is 8.41. The van der Waals surface area contributed by atoms with Gasteiger partial charge in [-0.1, -0.05) is 12.1 Å². The maximum Gasteiger partial charge on any atom is 0.122 e. The Morgan fingerprint density at radius 3 is 2.71 bits per heavy atom. The lowest BCUT2D eigenvalue weighted by molar-refractivity contribution is 0.114. The van der Waals surface area contributed by atoms with Crippen LogP contribution in [0.1, 0.15) is 42.9 Å². The molecule has 0 spiro atoms. The van der Waals surface area contributed by atoms with E-state index in [1.165, 1.54) is 36.8 Å². The Morgan fingerprint density at radius 2 is 2.00 bits per heavy atom. The third-order valence-electron chi connectivity index (χ3n) is 5.99. The van der Waals surface area contributed by atoms with Crippen molar-refractivity contribution < 1.29 is 4.74 Å². The summed E-state index contributed by atoms with van der Waals surface area (Å²) in [4.78, 5) is 2.62. The minimum atomic E-state index is 0.493. The lowest BCUT2D eigenvalue weighted by Crippen LogP contribution is -2.43. The van der Waals surface area contributed by atoms with Crippen LogP contribution in [0.25, 0.3) is 0 Å². The normalized spacial score (nSPS) is 32.8. The van der Waals surface area contributed by atoms with Crippen LogP contribution >= 0.6 is 0 Å². The van der Waals surface area contributed by atoms with Crippen molar-refractivity contribution in [3.63, 3.8) is 0 Å². The Kier molecular flexibility index (Phi) is 3.43. The van der Waals surface area contributed by atoms with Crippen molar-refractivity contribution in [3.8, 4) is 5.75 Å². The number of nitrogens with zero attached hydrogens (tertiary/aromatic N) is 1. The molecule has 0 radical (unpaired) electrons. The van der Waals surface area contributed by atoms with Crippen LogP contribution in [-0.4, -0.2) is 37.7 Å². The van der Waals surface area contributed by atoms with Gasteiger partial charge in [0, 0.05) is 24.5 Å². The van der Waals surface area contributed by atoms with Crippen molar-refractivity contribution in [1.29, 1.82) is 0 Å². The molecular formula is C18H26N2O. The molecule has 0 amide bonds. The van der Waals surface area contributed by atoms with Gasteiger partial charge < -0.3 is 15.0 Å². The maximum atomic E-state index is 5.64. The molecule has 3 unspecified atom stereocenters. The predicted molar refractivity (Wildman–Crippen MR) is 84.7 cm³/mol. The molecule has 4 rings (SSSR count). The first kappa shape index (κ1) is 13.6. The van der Waals surface area contributed by atoms with E-state index >= 15 is 0 Å². The van der Waals surface area contributed by atoms with Crippen LogP contribution < -0.4 is 10.1 Å². The van der Waals surface area contributed by atoms with E-state index in [1.807, 2.05) is 0 Å². The summed E-state index contributed by atoms with van der Waals surface area (Å²) in [6.07, 6.45) is 6.54. The number of nitrogens with one attached hydrogen (secondary N) is 1. The summed E-state index contributed by atoms with van der Waals surface area (Å²) in [7, 11) is 4.44. The van der Waals surface area contributed by atoms with Crippen LogP contribution in [0.5, 0.6) is 5.75 Å². The third kappa shape index (κ3) is 2.27.